The molecular formula is C32H32N2O6S. The van der Waals surface area contributed by atoms with E-state index < -0.39 is 17.7 Å². The van der Waals surface area contributed by atoms with Gasteiger partial charge in [-0.1, -0.05) is 43.7 Å². The highest BCUT2D eigenvalue weighted by atomic mass is 32.1. The van der Waals surface area contributed by atoms with Crippen molar-refractivity contribution in [3.8, 4) is 17.2 Å². The molecular weight excluding hydrogens is 540 g/mol. The van der Waals surface area contributed by atoms with E-state index in [1.165, 1.54) is 16.2 Å². The van der Waals surface area contributed by atoms with Crippen molar-refractivity contribution in [3.05, 3.63) is 83.4 Å². The number of aliphatic hydroxyl groups is 1. The van der Waals surface area contributed by atoms with Crippen molar-refractivity contribution in [2.45, 2.75) is 39.2 Å². The molecule has 0 spiro atoms. The maximum Gasteiger partial charge on any atom is 0.301 e. The first-order chi connectivity index (χ1) is 19.9. The molecule has 1 aliphatic heterocycles. The van der Waals surface area contributed by atoms with E-state index in [1.807, 2.05) is 43.3 Å². The summed E-state index contributed by atoms with van der Waals surface area (Å²) in [5, 5.41) is 11.8. The number of methoxy groups -OCH3 is 1. The Morgan fingerprint density at radius 1 is 0.927 bits per heavy atom. The third kappa shape index (κ3) is 5.76. The van der Waals surface area contributed by atoms with Crippen molar-refractivity contribution >= 4 is 44.1 Å². The molecule has 4 aromatic rings. The van der Waals surface area contributed by atoms with Gasteiger partial charge in [0.15, 0.2) is 5.13 Å². The van der Waals surface area contributed by atoms with Gasteiger partial charge in [0, 0.05) is 5.56 Å². The highest BCUT2D eigenvalue weighted by molar-refractivity contribution is 7.22. The van der Waals surface area contributed by atoms with Crippen LogP contribution in [0.5, 0.6) is 17.2 Å². The number of nitrogens with zero attached hydrogens (tertiary/aromatic N) is 2. The molecule has 0 radical (unpaired) electrons. The zero-order valence-corrected chi connectivity index (χ0v) is 24.1. The van der Waals surface area contributed by atoms with Gasteiger partial charge in [0.1, 0.15) is 23.0 Å². The summed E-state index contributed by atoms with van der Waals surface area (Å²) in [4.78, 5) is 33.3. The summed E-state index contributed by atoms with van der Waals surface area (Å²) in [6, 6.07) is 18.6. The van der Waals surface area contributed by atoms with Crippen molar-refractivity contribution in [2.24, 2.45) is 0 Å². The lowest BCUT2D eigenvalue weighted by Gasteiger charge is -2.23. The Hall–Kier alpha value is -4.37. The first kappa shape index (κ1) is 28.2. The maximum absolute atomic E-state index is 13.6. The van der Waals surface area contributed by atoms with E-state index >= 15 is 0 Å². The molecule has 1 saturated heterocycles. The second kappa shape index (κ2) is 12.4. The van der Waals surface area contributed by atoms with Crippen LogP contribution in [-0.4, -0.2) is 42.1 Å². The number of rotatable bonds is 11. The van der Waals surface area contributed by atoms with E-state index in [1.54, 1.807) is 37.4 Å². The number of hydrogen-bond acceptors (Lipinski definition) is 8. The molecule has 212 valence electrons. The Labute approximate surface area is 242 Å². The number of anilines is 1. The average Bonchev–Trinajstić information content (AvgIpc) is 3.53. The average molecular weight is 573 g/mol. The summed E-state index contributed by atoms with van der Waals surface area (Å²) in [5.74, 6) is 0.124. The molecule has 8 nitrogen and oxygen atoms in total. The molecule has 0 saturated carbocycles. The molecule has 2 heterocycles. The lowest BCUT2D eigenvalue weighted by molar-refractivity contribution is -0.132. The van der Waals surface area contributed by atoms with Crippen LogP contribution in [0.15, 0.2) is 72.3 Å². The van der Waals surface area contributed by atoms with Crippen molar-refractivity contribution in [1.82, 2.24) is 4.98 Å². The molecule has 5 rings (SSSR count). The number of hydrogen-bond donors (Lipinski definition) is 1. The van der Waals surface area contributed by atoms with Gasteiger partial charge in [-0.05, 0) is 73.0 Å². The van der Waals surface area contributed by atoms with Crippen LogP contribution >= 0.6 is 11.3 Å². The highest BCUT2D eigenvalue weighted by Crippen LogP contribution is 2.45. The van der Waals surface area contributed by atoms with Crippen LogP contribution in [-0.2, 0) is 9.59 Å². The van der Waals surface area contributed by atoms with Crippen molar-refractivity contribution in [1.29, 1.82) is 0 Å². The molecule has 1 amide bonds. The number of carbonyl (C=O) groups is 2. The van der Waals surface area contributed by atoms with E-state index in [2.05, 4.69) is 11.9 Å². The molecule has 41 heavy (non-hydrogen) atoms. The van der Waals surface area contributed by atoms with Gasteiger partial charge >= 0.3 is 5.91 Å². The smallest absolute Gasteiger partial charge is 0.301 e. The minimum Gasteiger partial charge on any atom is -0.507 e. The van der Waals surface area contributed by atoms with Crippen LogP contribution in [0.3, 0.4) is 0 Å². The predicted octanol–water partition coefficient (Wildman–Crippen LogP) is 6.90. The Kier molecular flexibility index (Phi) is 8.54. The first-order valence-corrected chi connectivity index (χ1v) is 14.5. The molecule has 1 unspecified atom stereocenters. The molecule has 9 heteroatoms. The molecule has 0 aliphatic carbocycles. The number of fused-ring (bicyclic) bond motifs is 1. The summed E-state index contributed by atoms with van der Waals surface area (Å²) in [6.45, 7) is 5.22. The second-order valence-electron chi connectivity index (χ2n) is 9.65. The summed E-state index contributed by atoms with van der Waals surface area (Å²) < 4.78 is 17.7. The molecule has 1 N–H and O–H groups in total. The number of ether oxygens (including phenoxy) is 3. The summed E-state index contributed by atoms with van der Waals surface area (Å²) >= 11 is 1.28. The fourth-order valence-electron chi connectivity index (χ4n) is 4.66. The number of aliphatic hydroxyl groups excluding tert-OH is 1. The quantitative estimate of drug-likeness (QED) is 0.0904. The van der Waals surface area contributed by atoms with Gasteiger partial charge in [-0.2, -0.15) is 0 Å². The van der Waals surface area contributed by atoms with Crippen LogP contribution in [0, 0.1) is 0 Å². The Morgan fingerprint density at radius 2 is 1.68 bits per heavy atom. The van der Waals surface area contributed by atoms with Gasteiger partial charge in [-0.25, -0.2) is 4.98 Å². The maximum atomic E-state index is 13.6. The van der Waals surface area contributed by atoms with Crippen molar-refractivity contribution in [2.75, 3.05) is 25.2 Å². The minimum atomic E-state index is -0.914. The largest absolute Gasteiger partial charge is 0.507 e. The topological polar surface area (TPSA) is 98.2 Å². The third-order valence-corrected chi connectivity index (χ3v) is 7.79. The molecule has 1 aromatic heterocycles. The standard InChI is InChI=1S/C32H32N2O6S/c1-4-6-17-40-24-9-7-8-21(18-24)28-27(29(35)20-10-12-22(13-11-20)39-16-5-2)30(36)31(37)34(28)32-33-25-15-14-23(38-3)19-26(25)41-32/h7-15,18-19,28,35H,4-6,16-17H2,1-3H3/b29-27+. The molecule has 3 aromatic carbocycles. The van der Waals surface area contributed by atoms with Crippen LogP contribution in [0.4, 0.5) is 5.13 Å². The van der Waals surface area contributed by atoms with Gasteiger partial charge in [0.05, 0.1) is 42.2 Å². The number of ketones is 1. The van der Waals surface area contributed by atoms with E-state index in [-0.39, 0.29) is 11.3 Å². The number of Topliss-reactive ketones (excluding diaryl/α,β-unsaturated/α-hetero) is 1. The number of aromatic nitrogens is 1. The monoisotopic (exact) mass is 572 g/mol. The lowest BCUT2D eigenvalue weighted by atomic mass is 9.95. The third-order valence-electron chi connectivity index (χ3n) is 6.78. The van der Waals surface area contributed by atoms with Crippen LogP contribution in [0.25, 0.3) is 16.0 Å². The van der Waals surface area contributed by atoms with E-state index in [9.17, 15) is 14.7 Å². The predicted molar refractivity (Wildman–Crippen MR) is 160 cm³/mol. The minimum absolute atomic E-state index is 0.0141. The fourth-order valence-corrected chi connectivity index (χ4v) is 5.68. The number of benzene rings is 3. The molecule has 1 atom stereocenters. The molecule has 1 aliphatic rings. The van der Waals surface area contributed by atoms with Crippen LogP contribution in [0.2, 0.25) is 0 Å². The van der Waals surface area contributed by atoms with E-state index in [4.69, 9.17) is 14.2 Å². The van der Waals surface area contributed by atoms with Crippen LogP contribution in [0.1, 0.15) is 50.3 Å². The van der Waals surface area contributed by atoms with Crippen molar-refractivity contribution < 1.29 is 28.9 Å². The van der Waals surface area contributed by atoms with Crippen LogP contribution < -0.4 is 19.1 Å². The van der Waals surface area contributed by atoms with Gasteiger partial charge in [0.2, 0.25) is 0 Å². The molecule has 0 bridgehead atoms. The Balaban J connectivity index is 1.62. The van der Waals surface area contributed by atoms with E-state index in [0.29, 0.717) is 52.2 Å². The van der Waals surface area contributed by atoms with Gasteiger partial charge < -0.3 is 19.3 Å². The Bertz CT molecular complexity index is 1590. The summed E-state index contributed by atoms with van der Waals surface area (Å²) in [6.07, 6.45) is 2.76. The Morgan fingerprint density at radius 3 is 2.41 bits per heavy atom. The number of amides is 1. The SMILES string of the molecule is CCCCOc1cccc(C2/C(=C(\O)c3ccc(OCCC)cc3)C(=O)C(=O)N2c2nc3ccc(OC)cc3s2)c1. The number of thiazole rings is 1. The summed E-state index contributed by atoms with van der Waals surface area (Å²) in [7, 11) is 1.58. The van der Waals surface area contributed by atoms with Gasteiger partial charge in [-0.3, -0.25) is 14.5 Å². The van der Waals surface area contributed by atoms with Gasteiger partial charge in [0.25, 0.3) is 5.78 Å². The number of unbranched alkanes of at least 4 members (excludes halogenated alkanes) is 1. The number of carbonyl (C=O) groups excluding carboxylic acids is 2. The van der Waals surface area contributed by atoms with Gasteiger partial charge in [-0.15, -0.1) is 0 Å². The highest BCUT2D eigenvalue weighted by Gasteiger charge is 2.48. The fraction of sp³-hybridized carbons (Fsp3) is 0.281. The summed E-state index contributed by atoms with van der Waals surface area (Å²) in [5.41, 5.74) is 1.69. The first-order valence-electron chi connectivity index (χ1n) is 13.7. The normalized spacial score (nSPS) is 16.4. The zero-order valence-electron chi connectivity index (χ0n) is 23.3. The zero-order chi connectivity index (χ0) is 28.9. The second-order valence-corrected chi connectivity index (χ2v) is 10.7. The lowest BCUT2D eigenvalue weighted by Crippen LogP contribution is -2.29. The molecule has 1 fully saturated rings. The van der Waals surface area contributed by atoms with E-state index in [0.717, 1.165) is 24.0 Å². The van der Waals surface area contributed by atoms with Crippen molar-refractivity contribution in [3.63, 3.8) is 0 Å².